The van der Waals surface area contributed by atoms with Gasteiger partial charge in [-0.2, -0.15) is 5.10 Å². The summed E-state index contributed by atoms with van der Waals surface area (Å²) in [5.74, 6) is -0.432. The molecule has 0 saturated heterocycles. The highest BCUT2D eigenvalue weighted by atomic mass is 32.1. The van der Waals surface area contributed by atoms with Crippen molar-refractivity contribution in [3.8, 4) is 11.5 Å². The number of aliphatic hydroxyl groups is 1. The highest BCUT2D eigenvalue weighted by molar-refractivity contribution is 7.17. The molecule has 8 nitrogen and oxygen atoms in total. The van der Waals surface area contributed by atoms with Crippen LogP contribution in [0.2, 0.25) is 0 Å². The van der Waals surface area contributed by atoms with E-state index in [1.165, 1.54) is 47.9 Å². The average Bonchev–Trinajstić information content (AvgIpc) is 3.25. The first kappa shape index (κ1) is 24.1. The maximum atomic E-state index is 13.9. The third-order valence-electron chi connectivity index (χ3n) is 4.68. The molecule has 0 bridgehead atoms. The molecular formula is C23H24FN3O5S. The molecule has 2 N–H and O–H groups in total. The predicted octanol–water partition coefficient (Wildman–Crippen LogP) is 3.03. The number of methoxy groups -OCH3 is 1. The van der Waals surface area contributed by atoms with Gasteiger partial charge in [-0.25, -0.2) is 9.40 Å². The fraction of sp³-hybridized carbons (Fsp3) is 0.261. The quantitative estimate of drug-likeness (QED) is 0.348. The minimum Gasteiger partial charge on any atom is -0.493 e. The molecule has 0 fully saturated rings. The van der Waals surface area contributed by atoms with Gasteiger partial charge in [0, 0.05) is 28.4 Å². The van der Waals surface area contributed by atoms with Crippen LogP contribution in [0.1, 0.15) is 22.8 Å². The molecular weight excluding hydrogens is 449 g/mol. The number of likely N-dealkylation sites (N-methyl/N-ethyl adjacent to an activating group) is 1. The summed E-state index contributed by atoms with van der Waals surface area (Å²) in [7, 11) is 1.44. The predicted molar refractivity (Wildman–Crippen MR) is 125 cm³/mol. The summed E-state index contributed by atoms with van der Waals surface area (Å²) in [6.07, 6.45) is 1.51. The van der Waals surface area contributed by atoms with Crippen LogP contribution in [0.25, 0.3) is 10.1 Å². The first-order valence-electron chi connectivity index (χ1n) is 10.2. The van der Waals surface area contributed by atoms with Gasteiger partial charge in [-0.15, -0.1) is 11.3 Å². The Labute approximate surface area is 194 Å². The number of nitrogens with one attached hydrogen (secondary N) is 1. The zero-order valence-corrected chi connectivity index (χ0v) is 19.0. The monoisotopic (exact) mass is 473 g/mol. The fourth-order valence-corrected chi connectivity index (χ4v) is 3.96. The van der Waals surface area contributed by atoms with Crippen LogP contribution in [0.4, 0.5) is 4.39 Å². The second-order valence-electron chi connectivity index (χ2n) is 6.78. The molecule has 174 valence electrons. The fourth-order valence-electron chi connectivity index (χ4n) is 3.03. The molecule has 0 unspecified atom stereocenters. The van der Waals surface area contributed by atoms with Crippen molar-refractivity contribution in [1.82, 2.24) is 10.3 Å². The molecule has 0 saturated carbocycles. The van der Waals surface area contributed by atoms with Crippen LogP contribution in [0, 0.1) is 5.82 Å². The maximum Gasteiger partial charge on any atom is 0.262 e. The Morgan fingerprint density at radius 2 is 2.09 bits per heavy atom. The lowest BCUT2D eigenvalue weighted by Crippen LogP contribution is -2.37. The number of nitrogens with zero attached hydrogens (tertiary/aromatic N) is 2. The van der Waals surface area contributed by atoms with Crippen LogP contribution in [-0.2, 0) is 4.79 Å². The van der Waals surface area contributed by atoms with Gasteiger partial charge >= 0.3 is 0 Å². The second kappa shape index (κ2) is 11.4. The van der Waals surface area contributed by atoms with Gasteiger partial charge in [0.1, 0.15) is 12.4 Å². The average molecular weight is 474 g/mol. The third kappa shape index (κ3) is 5.85. The molecule has 3 aromatic rings. The molecule has 33 heavy (non-hydrogen) atoms. The van der Waals surface area contributed by atoms with Crippen LogP contribution in [-0.4, -0.2) is 61.6 Å². The van der Waals surface area contributed by atoms with Crippen molar-refractivity contribution in [2.45, 2.75) is 6.92 Å². The zero-order valence-electron chi connectivity index (χ0n) is 18.2. The molecule has 0 atom stereocenters. The summed E-state index contributed by atoms with van der Waals surface area (Å²) >= 11 is 1.27. The van der Waals surface area contributed by atoms with E-state index in [1.54, 1.807) is 30.5 Å². The van der Waals surface area contributed by atoms with E-state index in [4.69, 9.17) is 14.6 Å². The first-order valence-corrected chi connectivity index (χ1v) is 11.1. The Bertz CT molecular complexity index is 1160. The van der Waals surface area contributed by atoms with Gasteiger partial charge < -0.3 is 19.9 Å². The first-order chi connectivity index (χ1) is 16.0. The molecule has 2 amide bonds. The van der Waals surface area contributed by atoms with E-state index < -0.39 is 11.8 Å². The largest absolute Gasteiger partial charge is 0.493 e. The van der Waals surface area contributed by atoms with E-state index in [1.807, 2.05) is 0 Å². The molecule has 0 aliphatic heterocycles. The maximum absolute atomic E-state index is 13.9. The van der Waals surface area contributed by atoms with Gasteiger partial charge in [0.25, 0.3) is 11.8 Å². The van der Waals surface area contributed by atoms with E-state index >= 15 is 0 Å². The molecule has 0 spiro atoms. The number of hydrogen-bond acceptors (Lipinski definition) is 7. The van der Waals surface area contributed by atoms with Crippen molar-refractivity contribution in [2.75, 3.05) is 33.4 Å². The number of fused-ring (bicyclic) bond motifs is 1. The van der Waals surface area contributed by atoms with E-state index in [2.05, 4.69) is 10.4 Å². The topological polar surface area (TPSA) is 100 Å². The SMILES string of the molecule is CCN(N=Cc1csc2c(F)cccc12)C(=O)CNC(=O)c1ccc(OCCO)c(OC)c1. The van der Waals surface area contributed by atoms with Gasteiger partial charge in [-0.1, -0.05) is 12.1 Å². The van der Waals surface area contributed by atoms with E-state index in [9.17, 15) is 14.0 Å². The number of carbonyl (C=O) groups excluding carboxylic acids is 2. The number of halogens is 1. The molecule has 1 heterocycles. The van der Waals surface area contributed by atoms with Crippen molar-refractivity contribution in [2.24, 2.45) is 5.10 Å². The number of thiophene rings is 1. The van der Waals surface area contributed by atoms with E-state index in [0.717, 1.165) is 5.39 Å². The minimum atomic E-state index is -0.463. The van der Waals surface area contributed by atoms with Crippen LogP contribution >= 0.6 is 11.3 Å². The Hall–Kier alpha value is -3.50. The van der Waals surface area contributed by atoms with Gasteiger partial charge in [-0.3, -0.25) is 9.59 Å². The van der Waals surface area contributed by atoms with Crippen molar-refractivity contribution >= 4 is 39.5 Å². The second-order valence-corrected chi connectivity index (χ2v) is 7.66. The molecule has 2 aromatic carbocycles. The summed E-state index contributed by atoms with van der Waals surface area (Å²) in [5, 5.41) is 19.4. The number of hydrazone groups is 1. The van der Waals surface area contributed by atoms with Gasteiger partial charge in [0.2, 0.25) is 0 Å². The zero-order chi connectivity index (χ0) is 23.8. The van der Waals surface area contributed by atoms with E-state index in [0.29, 0.717) is 28.3 Å². The summed E-state index contributed by atoms with van der Waals surface area (Å²) < 4.78 is 25.0. The summed E-state index contributed by atoms with van der Waals surface area (Å²) in [4.78, 5) is 25.0. The third-order valence-corrected chi connectivity index (χ3v) is 5.70. The van der Waals surface area contributed by atoms with Crippen LogP contribution in [0.3, 0.4) is 0 Å². The lowest BCUT2D eigenvalue weighted by Gasteiger charge is -2.15. The molecule has 1 aromatic heterocycles. The van der Waals surface area contributed by atoms with Crippen molar-refractivity contribution < 1.29 is 28.6 Å². The lowest BCUT2D eigenvalue weighted by molar-refractivity contribution is -0.129. The smallest absolute Gasteiger partial charge is 0.262 e. The number of benzene rings is 2. The highest BCUT2D eigenvalue weighted by Gasteiger charge is 2.15. The van der Waals surface area contributed by atoms with E-state index in [-0.39, 0.29) is 31.1 Å². The van der Waals surface area contributed by atoms with Crippen LogP contribution < -0.4 is 14.8 Å². The van der Waals surface area contributed by atoms with Crippen LogP contribution in [0.5, 0.6) is 11.5 Å². The van der Waals surface area contributed by atoms with Crippen LogP contribution in [0.15, 0.2) is 46.9 Å². The summed E-state index contributed by atoms with van der Waals surface area (Å²) in [5.41, 5.74) is 0.995. The highest BCUT2D eigenvalue weighted by Crippen LogP contribution is 2.28. The normalized spacial score (nSPS) is 11.0. The minimum absolute atomic E-state index is 0.0971. The Morgan fingerprint density at radius 1 is 1.27 bits per heavy atom. The van der Waals surface area contributed by atoms with Gasteiger partial charge in [0.15, 0.2) is 11.5 Å². The Balaban J connectivity index is 1.63. The Kier molecular flexibility index (Phi) is 8.34. The number of rotatable bonds is 10. The summed E-state index contributed by atoms with van der Waals surface area (Å²) in [6.45, 7) is 1.75. The van der Waals surface area contributed by atoms with Gasteiger partial charge in [0.05, 0.1) is 31.2 Å². The number of ether oxygens (including phenoxy) is 2. The molecule has 3 rings (SSSR count). The Morgan fingerprint density at radius 3 is 2.82 bits per heavy atom. The van der Waals surface area contributed by atoms with Crippen molar-refractivity contribution in [1.29, 1.82) is 0 Å². The molecule has 0 aliphatic rings. The number of amides is 2. The van der Waals surface area contributed by atoms with Gasteiger partial charge in [-0.05, 0) is 31.2 Å². The number of aliphatic hydroxyl groups excluding tert-OH is 1. The molecule has 0 radical (unpaired) electrons. The standard InChI is InChI=1S/C23H24FN3O5S/c1-3-27(26-12-16-14-33-22-17(16)5-4-6-18(22)24)21(29)13-25-23(30)15-7-8-19(32-10-9-28)20(11-15)31-2/h4-8,11-12,14,28H,3,9-10,13H2,1-2H3,(H,25,30). The van der Waals surface area contributed by atoms with Crippen molar-refractivity contribution in [3.63, 3.8) is 0 Å². The molecule has 10 heteroatoms. The molecule has 0 aliphatic carbocycles. The summed E-state index contributed by atoms with van der Waals surface area (Å²) in [6, 6.07) is 9.40. The number of hydrogen-bond donors (Lipinski definition) is 2. The van der Waals surface area contributed by atoms with Crippen molar-refractivity contribution in [3.05, 3.63) is 58.7 Å². The number of carbonyl (C=O) groups is 2. The lowest BCUT2D eigenvalue weighted by atomic mass is 10.2.